The molecule has 0 aliphatic rings. The second kappa shape index (κ2) is 10.1. The Bertz CT molecular complexity index is 1300. The Morgan fingerprint density at radius 1 is 1.11 bits per heavy atom. The van der Waals surface area contributed by atoms with Gasteiger partial charge in [-0.3, -0.25) is 9.36 Å². The van der Waals surface area contributed by atoms with E-state index in [9.17, 15) is 48.3 Å². The summed E-state index contributed by atoms with van der Waals surface area (Å²) in [6.07, 6.45) is -6.67. The number of halogens is 8. The van der Waals surface area contributed by atoms with E-state index >= 15 is 0 Å². The first-order chi connectivity index (χ1) is 16.8. The van der Waals surface area contributed by atoms with Crippen molar-refractivity contribution in [2.45, 2.75) is 37.9 Å². The molecule has 1 aromatic heterocycles. The molecule has 0 bridgehead atoms. The maximum absolute atomic E-state index is 13.7. The smallest absolute Gasteiger partial charge is 0.424 e. The van der Waals surface area contributed by atoms with Crippen LogP contribution in [0.2, 0.25) is 0 Å². The highest BCUT2D eigenvalue weighted by Gasteiger charge is 2.62. The van der Waals surface area contributed by atoms with Crippen LogP contribution >= 0.6 is 0 Å². The first-order valence-electron chi connectivity index (χ1n) is 9.70. The summed E-state index contributed by atoms with van der Waals surface area (Å²) in [5.74, 6) is -9.13. The number of carbonyl (C=O) groups is 1. The molecule has 19 heteroatoms. The molecule has 2 rings (SSSR count). The topological polar surface area (TPSA) is 116 Å². The molecule has 1 heterocycles. The Morgan fingerprint density at radius 2 is 1.70 bits per heavy atom. The quantitative estimate of drug-likeness (QED) is 0.266. The third-order valence-electron chi connectivity index (χ3n) is 4.55. The molecular weight excluding hydrogens is 550 g/mol. The molecule has 0 atom stereocenters. The zero-order valence-corrected chi connectivity index (χ0v) is 20.0. The van der Waals surface area contributed by atoms with Crippen molar-refractivity contribution in [3.8, 4) is 11.8 Å². The van der Waals surface area contributed by atoms with E-state index in [1.807, 2.05) is 0 Å². The van der Waals surface area contributed by atoms with Gasteiger partial charge < -0.3 is 9.57 Å². The number of amides is 1. The molecule has 2 aromatic rings. The fourth-order valence-corrected chi connectivity index (χ4v) is 3.81. The van der Waals surface area contributed by atoms with Gasteiger partial charge in [0.05, 0.1) is 11.4 Å². The van der Waals surface area contributed by atoms with Crippen molar-refractivity contribution in [2.75, 3.05) is 11.4 Å². The zero-order chi connectivity index (χ0) is 28.6. The lowest BCUT2D eigenvalue weighted by atomic mass is 10.1. The molecule has 0 radical (unpaired) electrons. The van der Waals surface area contributed by atoms with Crippen LogP contribution in [0.3, 0.4) is 0 Å². The maximum Gasteiger partial charge on any atom is 0.517 e. The molecule has 10 nitrogen and oxygen atoms in total. The summed E-state index contributed by atoms with van der Waals surface area (Å²) in [6.45, 7) is 2.27. The van der Waals surface area contributed by atoms with Gasteiger partial charge in [-0.05, 0) is 25.1 Å². The van der Waals surface area contributed by atoms with E-state index in [-0.39, 0.29) is 10.3 Å². The molecule has 1 amide bonds. The van der Waals surface area contributed by atoms with Gasteiger partial charge in [-0.1, -0.05) is 17.2 Å². The van der Waals surface area contributed by atoms with Crippen molar-refractivity contribution in [3.05, 3.63) is 29.6 Å². The van der Waals surface area contributed by atoms with Crippen LogP contribution in [0.1, 0.15) is 31.7 Å². The number of ether oxygens (including phenoxy) is 1. The minimum absolute atomic E-state index is 0.179. The lowest BCUT2D eigenvalue weighted by Crippen LogP contribution is -2.45. The van der Waals surface area contributed by atoms with Gasteiger partial charge in [0.1, 0.15) is 12.9 Å². The van der Waals surface area contributed by atoms with Crippen molar-refractivity contribution in [2.24, 2.45) is 12.2 Å². The Hall–Kier alpha value is -3.51. The summed E-state index contributed by atoms with van der Waals surface area (Å²) in [5, 5.41) is 9.40. The Kier molecular flexibility index (Phi) is 8.11. The molecule has 0 spiro atoms. The molecule has 37 heavy (non-hydrogen) atoms. The van der Waals surface area contributed by atoms with E-state index in [0.29, 0.717) is 6.07 Å². The fraction of sp³-hybridized carbons (Fsp3) is 0.444. The number of oxime groups is 1. The minimum Gasteiger partial charge on any atom is -0.424 e. The van der Waals surface area contributed by atoms with Crippen molar-refractivity contribution >= 4 is 27.3 Å². The molecule has 0 aliphatic carbocycles. The van der Waals surface area contributed by atoms with Crippen molar-refractivity contribution < 1.29 is 57.9 Å². The van der Waals surface area contributed by atoms with Gasteiger partial charge in [-0.15, -0.1) is 5.10 Å². The number of carbonyl (C=O) groups excluding carboxylic acids is 1. The lowest BCUT2D eigenvalue weighted by molar-refractivity contribution is -0.293. The highest BCUT2D eigenvalue weighted by atomic mass is 32.2. The van der Waals surface area contributed by atoms with Gasteiger partial charge >= 0.3 is 33.6 Å². The number of sulfonamides is 1. The largest absolute Gasteiger partial charge is 0.517 e. The maximum atomic E-state index is 13.7. The van der Waals surface area contributed by atoms with Crippen molar-refractivity contribution in [1.82, 2.24) is 14.8 Å². The molecule has 0 unspecified atom stereocenters. The summed E-state index contributed by atoms with van der Waals surface area (Å²) in [5.41, 5.74) is -7.43. The van der Waals surface area contributed by atoms with Crippen molar-refractivity contribution in [3.63, 3.8) is 0 Å². The average Bonchev–Trinajstić information content (AvgIpc) is 3.13. The van der Waals surface area contributed by atoms with Gasteiger partial charge in [0.15, 0.2) is 0 Å². The number of rotatable bonds is 8. The summed E-state index contributed by atoms with van der Waals surface area (Å²) >= 11 is 0. The predicted octanol–water partition coefficient (Wildman–Crippen LogP) is 4.22. The van der Waals surface area contributed by atoms with Crippen LogP contribution < -0.4 is 9.04 Å². The molecule has 0 saturated carbocycles. The Morgan fingerprint density at radius 3 is 2.19 bits per heavy atom. The monoisotopic (exact) mass is 567 g/mol. The predicted molar refractivity (Wildman–Crippen MR) is 109 cm³/mol. The third kappa shape index (κ3) is 5.59. The van der Waals surface area contributed by atoms with Crippen LogP contribution in [0, 0.1) is 0 Å². The molecule has 0 saturated heterocycles. The summed E-state index contributed by atoms with van der Waals surface area (Å²) in [7, 11) is -4.47. The number of hydrogen-bond acceptors (Lipinski definition) is 8. The number of hydrogen-bond donors (Lipinski definition) is 0. The van der Waals surface area contributed by atoms with Crippen LogP contribution in [-0.4, -0.2) is 53.6 Å². The highest BCUT2D eigenvalue weighted by Crippen LogP contribution is 2.44. The van der Waals surface area contributed by atoms with E-state index < -0.39 is 73.1 Å². The molecule has 0 aliphatic heterocycles. The average molecular weight is 567 g/mol. The highest BCUT2D eigenvalue weighted by molar-refractivity contribution is 7.94. The lowest BCUT2D eigenvalue weighted by Gasteiger charge is -2.25. The molecule has 1 aromatic carbocycles. The SMILES string of the molecule is CCC(=O)N(c1ccc(Oc2nnc(C(F)(F)C(F)(F)F)n2C)cc1C(C)=NOC)S(=O)(=O)C(F)(F)F. The van der Waals surface area contributed by atoms with Gasteiger partial charge in [-0.2, -0.15) is 47.8 Å². The number of nitrogens with zero attached hydrogens (tertiary/aromatic N) is 5. The third-order valence-corrected chi connectivity index (χ3v) is 6.01. The summed E-state index contributed by atoms with van der Waals surface area (Å²) in [4.78, 5) is 16.8. The van der Waals surface area contributed by atoms with Gasteiger partial charge in [0, 0.05) is 19.0 Å². The number of benzene rings is 1. The van der Waals surface area contributed by atoms with Crippen molar-refractivity contribution in [1.29, 1.82) is 0 Å². The minimum atomic E-state index is -6.25. The molecule has 206 valence electrons. The standard InChI is InChI=1S/C18H17F8N5O5S/c1-5-13(32)31(37(33,34)18(24,25)26)12-7-6-10(8-11(12)9(2)29-35-4)36-15-28-27-14(30(15)3)16(19,20)17(21,22)23/h6-8H,5H2,1-4H3. The van der Waals surface area contributed by atoms with Crippen LogP contribution in [0.5, 0.6) is 11.8 Å². The molecular formula is C18H17F8N5O5S. The number of alkyl halides is 8. The Labute approximate surface area is 203 Å². The number of anilines is 1. The van der Waals surface area contributed by atoms with Gasteiger partial charge in [0.2, 0.25) is 11.7 Å². The summed E-state index contributed by atoms with van der Waals surface area (Å²) in [6, 6.07) is 1.48. The second-order valence-electron chi connectivity index (χ2n) is 7.04. The molecule has 0 N–H and O–H groups in total. The Balaban J connectivity index is 2.68. The van der Waals surface area contributed by atoms with E-state index in [1.165, 1.54) is 0 Å². The van der Waals surface area contributed by atoms with Crippen LogP contribution in [0.15, 0.2) is 23.4 Å². The van der Waals surface area contributed by atoms with E-state index in [2.05, 4.69) is 20.2 Å². The number of aromatic nitrogens is 3. The zero-order valence-electron chi connectivity index (χ0n) is 19.1. The first-order valence-corrected chi connectivity index (χ1v) is 11.1. The van der Waals surface area contributed by atoms with Gasteiger partial charge in [0.25, 0.3) is 0 Å². The second-order valence-corrected chi connectivity index (χ2v) is 8.82. The van der Waals surface area contributed by atoms with E-state index in [4.69, 9.17) is 4.74 Å². The van der Waals surface area contributed by atoms with Crippen LogP contribution in [0.25, 0.3) is 0 Å². The van der Waals surface area contributed by atoms with E-state index in [0.717, 1.165) is 40.1 Å². The molecule has 0 fully saturated rings. The van der Waals surface area contributed by atoms with Crippen LogP contribution in [0.4, 0.5) is 40.8 Å². The van der Waals surface area contributed by atoms with E-state index in [1.54, 1.807) is 0 Å². The van der Waals surface area contributed by atoms with Gasteiger partial charge in [-0.25, -0.2) is 0 Å². The first kappa shape index (κ1) is 29.7. The fourth-order valence-electron chi connectivity index (χ4n) is 2.79. The van der Waals surface area contributed by atoms with Crippen LogP contribution in [-0.2, 0) is 32.6 Å². The summed E-state index contributed by atoms with van der Waals surface area (Å²) < 4.78 is 135. The normalized spacial score (nSPS) is 13.5.